The van der Waals surface area contributed by atoms with E-state index in [-0.39, 0.29) is 0 Å². The van der Waals surface area contributed by atoms with Gasteiger partial charge in [-0.1, -0.05) is 0 Å². The first kappa shape index (κ1) is 19.8. The molecule has 154 valence electrons. The number of nitrogens with one attached hydrogen (secondary N) is 1. The fourth-order valence-electron chi connectivity index (χ4n) is 3.11. The molecule has 0 spiro atoms. The molecule has 0 saturated carbocycles. The Morgan fingerprint density at radius 1 is 1.03 bits per heavy atom. The Balaban J connectivity index is 1.54. The molecular weight excluding hydrogens is 378 g/mol. The van der Waals surface area contributed by atoms with Crippen LogP contribution in [0.25, 0.3) is 22.6 Å². The fraction of sp³-hybridized carbons (Fsp3) is 0.273. The third-order valence-electron chi connectivity index (χ3n) is 4.66. The maximum absolute atomic E-state index is 5.74. The average molecular weight is 403 g/mol. The van der Waals surface area contributed by atoms with Gasteiger partial charge >= 0.3 is 0 Å². The van der Waals surface area contributed by atoms with Crippen LogP contribution in [0.15, 0.2) is 55.0 Å². The van der Waals surface area contributed by atoms with Crippen LogP contribution >= 0.6 is 0 Å². The number of hydrogen-bond donors (Lipinski definition) is 1. The summed E-state index contributed by atoms with van der Waals surface area (Å²) in [6.07, 6.45) is 5.28. The number of likely N-dealkylation sites (N-methyl/N-ethyl adjacent to an activating group) is 1. The zero-order valence-electron chi connectivity index (χ0n) is 17.4. The highest BCUT2D eigenvalue weighted by atomic mass is 16.5. The Kier molecular flexibility index (Phi) is 5.85. The maximum Gasteiger partial charge on any atom is 0.229 e. The van der Waals surface area contributed by atoms with Gasteiger partial charge in [-0.3, -0.25) is 4.98 Å². The SMILES string of the molecule is CCn1c(-c2ccncc2)nc2cnc(Nc3ccc(OCCN(C)C)cc3)nc21. The first-order chi connectivity index (χ1) is 14.6. The van der Waals surface area contributed by atoms with Crippen LogP contribution in [0.2, 0.25) is 0 Å². The summed E-state index contributed by atoms with van der Waals surface area (Å²) in [5, 5.41) is 3.26. The second-order valence-electron chi connectivity index (χ2n) is 7.12. The summed E-state index contributed by atoms with van der Waals surface area (Å²) in [5.74, 6) is 2.23. The molecule has 0 radical (unpaired) electrons. The highest BCUT2D eigenvalue weighted by Crippen LogP contribution is 2.24. The molecule has 1 N–H and O–H groups in total. The molecule has 0 bridgehead atoms. The third-order valence-corrected chi connectivity index (χ3v) is 4.66. The maximum atomic E-state index is 5.74. The first-order valence-corrected chi connectivity index (χ1v) is 9.92. The molecule has 0 aliphatic carbocycles. The monoisotopic (exact) mass is 403 g/mol. The molecule has 1 aromatic carbocycles. The van der Waals surface area contributed by atoms with Crippen molar-refractivity contribution in [1.29, 1.82) is 0 Å². The van der Waals surface area contributed by atoms with Gasteiger partial charge in [-0.15, -0.1) is 0 Å². The van der Waals surface area contributed by atoms with E-state index in [1.807, 2.05) is 50.5 Å². The van der Waals surface area contributed by atoms with E-state index >= 15 is 0 Å². The summed E-state index contributed by atoms with van der Waals surface area (Å²) in [6, 6.07) is 11.7. The van der Waals surface area contributed by atoms with E-state index in [2.05, 4.69) is 31.7 Å². The van der Waals surface area contributed by atoms with Crippen molar-refractivity contribution in [1.82, 2.24) is 29.4 Å². The van der Waals surface area contributed by atoms with Crippen LogP contribution in [0.5, 0.6) is 5.75 Å². The van der Waals surface area contributed by atoms with Crippen molar-refractivity contribution >= 4 is 22.8 Å². The number of pyridine rings is 1. The van der Waals surface area contributed by atoms with Gasteiger partial charge in [0.05, 0.1) is 6.20 Å². The molecule has 0 amide bonds. The topological polar surface area (TPSA) is 81.0 Å². The zero-order chi connectivity index (χ0) is 20.9. The van der Waals surface area contributed by atoms with Crippen molar-refractivity contribution in [3.05, 3.63) is 55.0 Å². The molecule has 0 aliphatic heterocycles. The lowest BCUT2D eigenvalue weighted by Crippen LogP contribution is -2.19. The van der Waals surface area contributed by atoms with E-state index in [0.29, 0.717) is 12.6 Å². The molecule has 3 heterocycles. The molecule has 4 aromatic rings. The smallest absolute Gasteiger partial charge is 0.229 e. The number of imidazole rings is 1. The van der Waals surface area contributed by atoms with Crippen molar-refractivity contribution in [3.8, 4) is 17.1 Å². The molecule has 4 rings (SSSR count). The Labute approximate surface area is 175 Å². The molecule has 0 saturated heterocycles. The summed E-state index contributed by atoms with van der Waals surface area (Å²) in [6.45, 7) is 4.36. The Bertz CT molecular complexity index is 1110. The van der Waals surface area contributed by atoms with Crippen LogP contribution < -0.4 is 10.1 Å². The number of anilines is 2. The standard InChI is InChI=1S/C22H25N7O/c1-4-29-20(16-9-11-23-12-10-16)26-19-15-24-22(27-21(19)29)25-17-5-7-18(8-6-17)30-14-13-28(2)3/h5-12,15H,4,13-14H2,1-3H3,(H,24,25,27). The number of nitrogens with zero attached hydrogens (tertiary/aromatic N) is 6. The predicted molar refractivity (Wildman–Crippen MR) is 118 cm³/mol. The highest BCUT2D eigenvalue weighted by Gasteiger charge is 2.14. The van der Waals surface area contributed by atoms with Gasteiger partial charge in [0.2, 0.25) is 5.95 Å². The molecular formula is C22H25N7O. The van der Waals surface area contributed by atoms with E-state index in [1.54, 1.807) is 18.6 Å². The van der Waals surface area contributed by atoms with Gasteiger partial charge in [-0.05, 0) is 57.4 Å². The van der Waals surface area contributed by atoms with Crippen LogP contribution in [0.1, 0.15) is 6.92 Å². The molecule has 0 fully saturated rings. The van der Waals surface area contributed by atoms with Gasteiger partial charge < -0.3 is 19.5 Å². The van der Waals surface area contributed by atoms with Gasteiger partial charge in [0.25, 0.3) is 0 Å². The molecule has 3 aromatic heterocycles. The Morgan fingerprint density at radius 3 is 2.50 bits per heavy atom. The van der Waals surface area contributed by atoms with Crippen molar-refractivity contribution < 1.29 is 4.74 Å². The molecule has 0 unspecified atom stereocenters. The van der Waals surface area contributed by atoms with Crippen molar-refractivity contribution in [2.45, 2.75) is 13.5 Å². The van der Waals surface area contributed by atoms with Crippen LogP contribution in [-0.4, -0.2) is 56.6 Å². The van der Waals surface area contributed by atoms with Crippen LogP contribution in [0.3, 0.4) is 0 Å². The lowest BCUT2D eigenvalue weighted by molar-refractivity contribution is 0.261. The van der Waals surface area contributed by atoms with Crippen molar-refractivity contribution in [3.63, 3.8) is 0 Å². The van der Waals surface area contributed by atoms with Crippen molar-refractivity contribution in [2.24, 2.45) is 0 Å². The van der Waals surface area contributed by atoms with E-state index < -0.39 is 0 Å². The number of ether oxygens (including phenoxy) is 1. The quantitative estimate of drug-likeness (QED) is 0.481. The number of aryl methyl sites for hydroxylation is 1. The normalized spacial score (nSPS) is 11.2. The number of benzene rings is 1. The molecule has 0 atom stereocenters. The van der Waals surface area contributed by atoms with Gasteiger partial charge in [-0.2, -0.15) is 4.98 Å². The average Bonchev–Trinajstić information content (AvgIpc) is 3.13. The number of aromatic nitrogens is 5. The zero-order valence-corrected chi connectivity index (χ0v) is 17.4. The molecule has 8 nitrogen and oxygen atoms in total. The van der Waals surface area contributed by atoms with E-state index in [9.17, 15) is 0 Å². The minimum Gasteiger partial charge on any atom is -0.492 e. The Morgan fingerprint density at radius 2 is 1.80 bits per heavy atom. The Hall–Kier alpha value is -3.52. The predicted octanol–water partition coefficient (Wildman–Crippen LogP) is 3.59. The summed E-state index contributed by atoms with van der Waals surface area (Å²) in [7, 11) is 4.05. The van der Waals surface area contributed by atoms with Crippen LogP contribution in [-0.2, 0) is 6.54 Å². The van der Waals surface area contributed by atoms with Gasteiger partial charge in [0.1, 0.15) is 23.7 Å². The summed E-state index contributed by atoms with van der Waals surface area (Å²) >= 11 is 0. The first-order valence-electron chi connectivity index (χ1n) is 9.92. The summed E-state index contributed by atoms with van der Waals surface area (Å²) < 4.78 is 7.82. The van der Waals surface area contributed by atoms with Gasteiger partial charge in [-0.25, -0.2) is 9.97 Å². The number of rotatable bonds is 8. The lowest BCUT2D eigenvalue weighted by Gasteiger charge is -2.11. The molecule has 8 heteroatoms. The lowest BCUT2D eigenvalue weighted by atomic mass is 10.2. The third kappa shape index (κ3) is 4.38. The van der Waals surface area contributed by atoms with E-state index in [4.69, 9.17) is 14.7 Å². The van der Waals surface area contributed by atoms with Gasteiger partial charge in [0, 0.05) is 36.7 Å². The number of fused-ring (bicyclic) bond motifs is 1. The second-order valence-corrected chi connectivity index (χ2v) is 7.12. The van der Waals surface area contributed by atoms with Crippen LogP contribution in [0, 0.1) is 0 Å². The number of hydrogen-bond acceptors (Lipinski definition) is 7. The van der Waals surface area contributed by atoms with Crippen molar-refractivity contribution in [2.75, 3.05) is 32.6 Å². The van der Waals surface area contributed by atoms with E-state index in [1.165, 1.54) is 0 Å². The summed E-state index contributed by atoms with van der Waals surface area (Å²) in [4.78, 5) is 20.0. The summed E-state index contributed by atoms with van der Waals surface area (Å²) in [5.41, 5.74) is 3.46. The minimum atomic E-state index is 0.527. The fourth-order valence-corrected chi connectivity index (χ4v) is 3.11. The highest BCUT2D eigenvalue weighted by molar-refractivity contribution is 5.77. The minimum absolute atomic E-state index is 0.527. The molecule has 0 aliphatic rings. The molecule has 30 heavy (non-hydrogen) atoms. The van der Waals surface area contributed by atoms with E-state index in [0.717, 1.165) is 47.1 Å². The van der Waals surface area contributed by atoms with Crippen LogP contribution in [0.4, 0.5) is 11.6 Å². The largest absolute Gasteiger partial charge is 0.492 e. The second kappa shape index (κ2) is 8.87. The van der Waals surface area contributed by atoms with Gasteiger partial charge in [0.15, 0.2) is 5.65 Å².